The lowest BCUT2D eigenvalue weighted by molar-refractivity contribution is 0.323. The summed E-state index contributed by atoms with van der Waals surface area (Å²) in [5.41, 5.74) is 8.10. The highest BCUT2D eigenvalue weighted by Crippen LogP contribution is 2.39. The molecule has 100 valence electrons. The summed E-state index contributed by atoms with van der Waals surface area (Å²) in [4.78, 5) is 0. The molecular formula is C14H21NO3. The van der Waals surface area contributed by atoms with Crippen molar-refractivity contribution in [2.24, 2.45) is 5.73 Å². The van der Waals surface area contributed by atoms with Crippen LogP contribution in [0.2, 0.25) is 0 Å². The van der Waals surface area contributed by atoms with E-state index in [0.29, 0.717) is 17.2 Å². The molecule has 0 amide bonds. The summed E-state index contributed by atoms with van der Waals surface area (Å²) in [6, 6.07) is 3.61. The molecule has 0 aliphatic rings. The Morgan fingerprint density at radius 1 is 1.17 bits per heavy atom. The van der Waals surface area contributed by atoms with Crippen molar-refractivity contribution in [2.75, 3.05) is 21.3 Å². The van der Waals surface area contributed by atoms with E-state index in [2.05, 4.69) is 6.58 Å². The minimum atomic E-state index is -0.129. The number of ether oxygens (including phenoxy) is 3. The van der Waals surface area contributed by atoms with Crippen LogP contribution >= 0.6 is 0 Å². The molecule has 4 heteroatoms. The predicted octanol–water partition coefficient (Wildman–Crippen LogP) is 2.68. The van der Waals surface area contributed by atoms with Gasteiger partial charge in [0, 0.05) is 6.04 Å². The molecule has 4 nitrogen and oxygen atoms in total. The van der Waals surface area contributed by atoms with Crippen molar-refractivity contribution in [2.45, 2.75) is 19.4 Å². The standard InChI is InChI=1S/C14H21NO3/c1-9(2)6-11(15)10-7-12(16-3)14(18-5)13(8-10)17-4/h7-8,11H,1,6,15H2,2-5H3. The topological polar surface area (TPSA) is 53.7 Å². The molecule has 1 aromatic carbocycles. The van der Waals surface area contributed by atoms with Gasteiger partial charge in [0.05, 0.1) is 21.3 Å². The van der Waals surface area contributed by atoms with Crippen LogP contribution in [0.1, 0.15) is 24.9 Å². The lowest BCUT2D eigenvalue weighted by atomic mass is 10.0. The largest absolute Gasteiger partial charge is 0.493 e. The molecule has 0 heterocycles. The summed E-state index contributed by atoms with van der Waals surface area (Å²) < 4.78 is 15.8. The monoisotopic (exact) mass is 251 g/mol. The number of rotatable bonds is 6. The molecule has 0 fully saturated rings. The molecule has 1 unspecified atom stereocenters. The summed E-state index contributed by atoms with van der Waals surface area (Å²) in [7, 11) is 4.75. The average Bonchev–Trinajstić information content (AvgIpc) is 2.35. The minimum absolute atomic E-state index is 0.129. The van der Waals surface area contributed by atoms with Gasteiger partial charge in [-0.3, -0.25) is 0 Å². The Morgan fingerprint density at radius 2 is 1.67 bits per heavy atom. The van der Waals surface area contributed by atoms with Gasteiger partial charge in [0.25, 0.3) is 0 Å². The van der Waals surface area contributed by atoms with Crippen molar-refractivity contribution in [3.8, 4) is 17.2 Å². The first kappa shape index (κ1) is 14.4. The molecule has 0 saturated carbocycles. The van der Waals surface area contributed by atoms with E-state index < -0.39 is 0 Å². The van der Waals surface area contributed by atoms with Crippen LogP contribution in [0.3, 0.4) is 0 Å². The Bertz CT molecular complexity index is 404. The van der Waals surface area contributed by atoms with Gasteiger partial charge < -0.3 is 19.9 Å². The molecule has 0 spiro atoms. The van der Waals surface area contributed by atoms with Crippen molar-refractivity contribution in [3.05, 3.63) is 29.8 Å². The van der Waals surface area contributed by atoms with Crippen LogP contribution in [-0.2, 0) is 0 Å². The van der Waals surface area contributed by atoms with Crippen molar-refractivity contribution in [1.82, 2.24) is 0 Å². The predicted molar refractivity (Wildman–Crippen MR) is 72.5 cm³/mol. The molecule has 0 aliphatic carbocycles. The fourth-order valence-corrected chi connectivity index (χ4v) is 1.81. The van der Waals surface area contributed by atoms with Crippen molar-refractivity contribution in [3.63, 3.8) is 0 Å². The van der Waals surface area contributed by atoms with Gasteiger partial charge in [-0.25, -0.2) is 0 Å². The Morgan fingerprint density at radius 3 is 2.00 bits per heavy atom. The molecule has 0 aliphatic heterocycles. The Kier molecular flexibility index (Phi) is 5.04. The third-order valence-electron chi connectivity index (χ3n) is 2.68. The zero-order valence-electron chi connectivity index (χ0n) is 11.4. The third kappa shape index (κ3) is 3.17. The van der Waals surface area contributed by atoms with Gasteiger partial charge in [0.1, 0.15) is 0 Å². The Hall–Kier alpha value is -1.68. The molecule has 2 N–H and O–H groups in total. The zero-order valence-corrected chi connectivity index (χ0v) is 11.4. The van der Waals surface area contributed by atoms with Gasteiger partial charge in [0.15, 0.2) is 11.5 Å². The fourth-order valence-electron chi connectivity index (χ4n) is 1.81. The van der Waals surface area contributed by atoms with E-state index >= 15 is 0 Å². The van der Waals surface area contributed by atoms with Gasteiger partial charge in [-0.15, -0.1) is 6.58 Å². The maximum Gasteiger partial charge on any atom is 0.203 e. The fraction of sp³-hybridized carbons (Fsp3) is 0.429. The Labute approximate surface area is 108 Å². The van der Waals surface area contributed by atoms with Crippen molar-refractivity contribution < 1.29 is 14.2 Å². The molecule has 0 aromatic heterocycles. The van der Waals surface area contributed by atoms with Gasteiger partial charge in [-0.2, -0.15) is 0 Å². The van der Waals surface area contributed by atoms with Crippen LogP contribution < -0.4 is 19.9 Å². The van der Waals surface area contributed by atoms with Crippen LogP contribution in [0.5, 0.6) is 17.2 Å². The first-order valence-corrected chi connectivity index (χ1v) is 5.73. The molecule has 0 bridgehead atoms. The van der Waals surface area contributed by atoms with Gasteiger partial charge in [0.2, 0.25) is 5.75 Å². The highest BCUT2D eigenvalue weighted by molar-refractivity contribution is 5.54. The summed E-state index contributed by atoms with van der Waals surface area (Å²) in [6.45, 7) is 5.83. The minimum Gasteiger partial charge on any atom is -0.493 e. The average molecular weight is 251 g/mol. The van der Waals surface area contributed by atoms with Crippen LogP contribution in [0.15, 0.2) is 24.3 Å². The van der Waals surface area contributed by atoms with Crippen LogP contribution in [0.25, 0.3) is 0 Å². The van der Waals surface area contributed by atoms with Crippen LogP contribution in [0, 0.1) is 0 Å². The van der Waals surface area contributed by atoms with E-state index in [1.807, 2.05) is 19.1 Å². The van der Waals surface area contributed by atoms with E-state index in [-0.39, 0.29) is 6.04 Å². The van der Waals surface area contributed by atoms with Crippen molar-refractivity contribution in [1.29, 1.82) is 0 Å². The highest BCUT2D eigenvalue weighted by atomic mass is 16.5. The van der Waals surface area contributed by atoms with E-state index in [0.717, 1.165) is 17.6 Å². The summed E-state index contributed by atoms with van der Waals surface area (Å²) in [5, 5.41) is 0. The lowest BCUT2D eigenvalue weighted by Gasteiger charge is -2.17. The maximum atomic E-state index is 6.12. The van der Waals surface area contributed by atoms with Gasteiger partial charge in [-0.05, 0) is 31.0 Å². The second kappa shape index (κ2) is 6.31. The highest BCUT2D eigenvalue weighted by Gasteiger charge is 2.16. The first-order chi connectivity index (χ1) is 8.53. The van der Waals surface area contributed by atoms with E-state index in [4.69, 9.17) is 19.9 Å². The number of nitrogens with two attached hydrogens (primary N) is 1. The second-order valence-electron chi connectivity index (χ2n) is 4.23. The van der Waals surface area contributed by atoms with Crippen LogP contribution in [0.4, 0.5) is 0 Å². The van der Waals surface area contributed by atoms with E-state index in [9.17, 15) is 0 Å². The molecule has 1 atom stereocenters. The van der Waals surface area contributed by atoms with Crippen molar-refractivity contribution >= 4 is 0 Å². The molecule has 1 aromatic rings. The Balaban J connectivity index is 3.18. The summed E-state index contributed by atoms with van der Waals surface area (Å²) in [5.74, 6) is 1.80. The first-order valence-electron chi connectivity index (χ1n) is 5.73. The summed E-state index contributed by atoms with van der Waals surface area (Å²) in [6.07, 6.45) is 0.721. The van der Waals surface area contributed by atoms with E-state index in [1.165, 1.54) is 0 Å². The number of hydrogen-bond donors (Lipinski definition) is 1. The lowest BCUT2D eigenvalue weighted by Crippen LogP contribution is -2.11. The zero-order chi connectivity index (χ0) is 13.7. The molecule has 0 radical (unpaired) electrons. The molecule has 1 rings (SSSR count). The summed E-state index contributed by atoms with van der Waals surface area (Å²) >= 11 is 0. The number of methoxy groups -OCH3 is 3. The quantitative estimate of drug-likeness (QED) is 0.790. The normalized spacial score (nSPS) is 11.8. The number of hydrogen-bond acceptors (Lipinski definition) is 4. The number of benzene rings is 1. The smallest absolute Gasteiger partial charge is 0.203 e. The van der Waals surface area contributed by atoms with Gasteiger partial charge >= 0.3 is 0 Å². The second-order valence-corrected chi connectivity index (χ2v) is 4.23. The maximum absolute atomic E-state index is 6.12. The molecular weight excluding hydrogens is 230 g/mol. The van der Waals surface area contributed by atoms with Gasteiger partial charge in [-0.1, -0.05) is 5.57 Å². The third-order valence-corrected chi connectivity index (χ3v) is 2.68. The SMILES string of the molecule is C=C(C)CC(N)c1cc(OC)c(OC)c(OC)c1. The molecule has 0 saturated heterocycles. The van der Waals surface area contributed by atoms with Crippen LogP contribution in [-0.4, -0.2) is 21.3 Å². The molecule has 18 heavy (non-hydrogen) atoms. The van der Waals surface area contributed by atoms with E-state index in [1.54, 1.807) is 21.3 Å².